The number of benzene rings is 1. The number of hydrogen-bond acceptors (Lipinski definition) is 4. The maximum Gasteiger partial charge on any atom is 0.273 e. The van der Waals surface area contributed by atoms with E-state index in [0.717, 1.165) is 0 Å². The first-order chi connectivity index (χ1) is 8.11. The van der Waals surface area contributed by atoms with Crippen molar-refractivity contribution < 1.29 is 9.66 Å². The van der Waals surface area contributed by atoms with Gasteiger partial charge in [0.15, 0.2) is 0 Å². The molecule has 0 unspecified atom stereocenters. The minimum atomic E-state index is -0.462. The minimum absolute atomic E-state index is 0.00946. The number of ether oxygens (including phenoxy) is 1. The van der Waals surface area contributed by atoms with E-state index in [-0.39, 0.29) is 5.69 Å². The molecule has 2 rings (SSSR count). The summed E-state index contributed by atoms with van der Waals surface area (Å²) < 4.78 is 7.53. The molecule has 2 aromatic rings. The highest BCUT2D eigenvalue weighted by Crippen LogP contribution is 2.28. The van der Waals surface area contributed by atoms with Crippen LogP contribution in [-0.4, -0.2) is 21.6 Å². The Hall–Kier alpha value is -1.89. The van der Waals surface area contributed by atoms with Crippen LogP contribution in [-0.2, 0) is 0 Å². The van der Waals surface area contributed by atoms with Crippen molar-refractivity contribution in [3.05, 3.63) is 45.4 Å². The number of hydrogen-bond donors (Lipinski definition) is 0. The van der Waals surface area contributed by atoms with Crippen molar-refractivity contribution in [1.82, 2.24) is 9.55 Å². The Balaban J connectivity index is 2.51. The zero-order chi connectivity index (χ0) is 12.4. The second-order valence-electron chi connectivity index (χ2n) is 3.22. The number of imidazole rings is 1. The highest BCUT2D eigenvalue weighted by Gasteiger charge is 2.12. The van der Waals surface area contributed by atoms with E-state index in [0.29, 0.717) is 16.0 Å². The first-order valence-electron chi connectivity index (χ1n) is 4.64. The summed E-state index contributed by atoms with van der Waals surface area (Å²) in [6.45, 7) is 0. The van der Waals surface area contributed by atoms with E-state index in [2.05, 4.69) is 20.9 Å². The number of rotatable bonds is 3. The van der Waals surface area contributed by atoms with Gasteiger partial charge < -0.3 is 9.30 Å². The lowest BCUT2D eigenvalue weighted by Gasteiger charge is -2.08. The molecule has 1 heterocycles. The van der Waals surface area contributed by atoms with Gasteiger partial charge >= 0.3 is 0 Å². The van der Waals surface area contributed by atoms with Gasteiger partial charge in [-0.15, -0.1) is 0 Å². The first-order valence-corrected chi connectivity index (χ1v) is 5.43. The number of non-ortho nitro benzene ring substituents is 1. The van der Waals surface area contributed by atoms with Crippen molar-refractivity contribution in [2.24, 2.45) is 0 Å². The summed E-state index contributed by atoms with van der Waals surface area (Å²) in [5.41, 5.74) is 0.682. The van der Waals surface area contributed by atoms with Crippen LogP contribution in [0.15, 0.2) is 35.3 Å². The molecule has 0 radical (unpaired) electrons. The third-order valence-electron chi connectivity index (χ3n) is 2.20. The van der Waals surface area contributed by atoms with Crippen LogP contribution in [0.4, 0.5) is 5.69 Å². The van der Waals surface area contributed by atoms with Gasteiger partial charge in [-0.05, 0) is 22.0 Å². The molecule has 0 aliphatic carbocycles. The zero-order valence-electron chi connectivity index (χ0n) is 8.83. The standard InChI is InChI=1S/C10H8BrN3O3/c1-17-9-4-7(14(15)16)2-3-8(9)13-5-10(11)12-6-13/h2-6H,1H3. The lowest BCUT2D eigenvalue weighted by molar-refractivity contribution is -0.384. The quantitative estimate of drug-likeness (QED) is 0.645. The van der Waals surface area contributed by atoms with Gasteiger partial charge in [-0.1, -0.05) is 0 Å². The van der Waals surface area contributed by atoms with E-state index >= 15 is 0 Å². The number of aromatic nitrogens is 2. The van der Waals surface area contributed by atoms with E-state index in [4.69, 9.17) is 4.74 Å². The summed E-state index contributed by atoms with van der Waals surface area (Å²) in [6.07, 6.45) is 3.33. The molecule has 7 heteroatoms. The number of halogens is 1. The maximum absolute atomic E-state index is 10.6. The van der Waals surface area contributed by atoms with Gasteiger partial charge in [0.05, 0.1) is 23.8 Å². The summed E-state index contributed by atoms with van der Waals surface area (Å²) in [6, 6.07) is 4.42. The molecule has 0 N–H and O–H groups in total. The van der Waals surface area contributed by atoms with Gasteiger partial charge in [-0.2, -0.15) is 0 Å². The highest BCUT2D eigenvalue weighted by molar-refractivity contribution is 9.10. The van der Waals surface area contributed by atoms with E-state index in [1.54, 1.807) is 23.2 Å². The third kappa shape index (κ3) is 2.28. The van der Waals surface area contributed by atoms with Crippen molar-refractivity contribution in [2.45, 2.75) is 0 Å². The van der Waals surface area contributed by atoms with Gasteiger partial charge in [0.25, 0.3) is 5.69 Å². The summed E-state index contributed by atoms with van der Waals surface area (Å²) in [5.74, 6) is 0.420. The van der Waals surface area contributed by atoms with Crippen molar-refractivity contribution in [2.75, 3.05) is 7.11 Å². The van der Waals surface area contributed by atoms with Crippen LogP contribution in [0.25, 0.3) is 5.69 Å². The van der Waals surface area contributed by atoms with Gasteiger partial charge in [-0.25, -0.2) is 4.98 Å². The molecular formula is C10H8BrN3O3. The van der Waals surface area contributed by atoms with Crippen LogP contribution in [0.3, 0.4) is 0 Å². The summed E-state index contributed by atoms with van der Waals surface area (Å²) in [5, 5.41) is 10.6. The molecule has 1 aromatic carbocycles. The van der Waals surface area contributed by atoms with Crippen LogP contribution in [0.1, 0.15) is 0 Å². The summed E-state index contributed by atoms with van der Waals surface area (Å²) >= 11 is 3.23. The number of nitro benzene ring substituents is 1. The third-order valence-corrected chi connectivity index (χ3v) is 2.61. The molecule has 0 amide bonds. The zero-order valence-corrected chi connectivity index (χ0v) is 10.4. The van der Waals surface area contributed by atoms with Crippen molar-refractivity contribution in [3.8, 4) is 11.4 Å². The summed E-state index contributed by atoms with van der Waals surface area (Å²) in [4.78, 5) is 14.2. The van der Waals surface area contributed by atoms with Gasteiger partial charge in [0, 0.05) is 12.3 Å². The van der Waals surface area contributed by atoms with Crippen molar-refractivity contribution in [3.63, 3.8) is 0 Å². The number of methoxy groups -OCH3 is 1. The fourth-order valence-electron chi connectivity index (χ4n) is 1.42. The largest absolute Gasteiger partial charge is 0.494 e. The number of nitro groups is 1. The Labute approximate surface area is 105 Å². The van der Waals surface area contributed by atoms with E-state index in [9.17, 15) is 10.1 Å². The fourth-order valence-corrected chi connectivity index (χ4v) is 1.74. The predicted molar refractivity (Wildman–Crippen MR) is 64.5 cm³/mol. The lowest BCUT2D eigenvalue weighted by atomic mass is 10.2. The molecule has 0 fully saturated rings. The Kier molecular flexibility index (Phi) is 3.10. The molecule has 88 valence electrons. The second-order valence-corrected chi connectivity index (χ2v) is 4.03. The van der Waals surface area contributed by atoms with E-state index in [1.807, 2.05) is 0 Å². The average Bonchev–Trinajstić information content (AvgIpc) is 2.74. The molecule has 0 bridgehead atoms. The molecule has 0 aliphatic heterocycles. The van der Waals surface area contributed by atoms with E-state index < -0.39 is 4.92 Å². The van der Waals surface area contributed by atoms with Gasteiger partial charge in [0.2, 0.25) is 0 Å². The smallest absolute Gasteiger partial charge is 0.273 e. The Morgan fingerprint density at radius 3 is 2.82 bits per heavy atom. The number of nitrogens with zero attached hydrogens (tertiary/aromatic N) is 3. The monoisotopic (exact) mass is 297 g/mol. The Morgan fingerprint density at radius 2 is 2.29 bits per heavy atom. The molecule has 0 aliphatic rings. The van der Waals surface area contributed by atoms with Gasteiger partial charge in [0.1, 0.15) is 16.7 Å². The Bertz CT molecular complexity index is 568. The van der Waals surface area contributed by atoms with Crippen LogP contribution >= 0.6 is 15.9 Å². The highest BCUT2D eigenvalue weighted by atomic mass is 79.9. The summed E-state index contributed by atoms with van der Waals surface area (Å²) in [7, 11) is 1.47. The predicted octanol–water partition coefficient (Wildman–Crippen LogP) is 2.55. The van der Waals surface area contributed by atoms with Crippen molar-refractivity contribution in [1.29, 1.82) is 0 Å². The van der Waals surface area contributed by atoms with Crippen LogP contribution in [0, 0.1) is 10.1 Å². The van der Waals surface area contributed by atoms with Crippen LogP contribution in [0.5, 0.6) is 5.75 Å². The van der Waals surface area contributed by atoms with E-state index in [1.165, 1.54) is 19.2 Å². The van der Waals surface area contributed by atoms with Crippen LogP contribution < -0.4 is 4.74 Å². The molecule has 0 saturated heterocycles. The minimum Gasteiger partial charge on any atom is -0.494 e. The second kappa shape index (κ2) is 4.54. The van der Waals surface area contributed by atoms with Crippen LogP contribution in [0.2, 0.25) is 0 Å². The molecule has 1 aromatic heterocycles. The topological polar surface area (TPSA) is 70.2 Å². The molecule has 17 heavy (non-hydrogen) atoms. The SMILES string of the molecule is COc1cc([N+](=O)[O-])ccc1-n1cnc(Br)c1. The lowest BCUT2D eigenvalue weighted by Crippen LogP contribution is -1.97. The molecule has 0 saturated carbocycles. The normalized spacial score (nSPS) is 10.2. The maximum atomic E-state index is 10.6. The Morgan fingerprint density at radius 1 is 1.53 bits per heavy atom. The molecule has 0 atom stereocenters. The first kappa shape index (κ1) is 11.6. The molecule has 0 spiro atoms. The molecular weight excluding hydrogens is 290 g/mol. The molecule has 6 nitrogen and oxygen atoms in total. The fraction of sp³-hybridized carbons (Fsp3) is 0.100. The van der Waals surface area contributed by atoms with Gasteiger partial charge in [-0.3, -0.25) is 10.1 Å². The van der Waals surface area contributed by atoms with Crippen molar-refractivity contribution >= 4 is 21.6 Å². The average molecular weight is 298 g/mol.